The van der Waals surface area contributed by atoms with Crippen LogP contribution in [0.5, 0.6) is 0 Å². The minimum Gasteiger partial charge on any atom is -0.383 e. The Kier molecular flexibility index (Phi) is 10.3. The summed E-state index contributed by atoms with van der Waals surface area (Å²) in [6.45, 7) is 6.83. The number of nitrogens with one attached hydrogen (secondary N) is 1. The van der Waals surface area contributed by atoms with Crippen LogP contribution in [-0.2, 0) is 4.79 Å². The second kappa shape index (κ2) is 14.1. The minimum atomic E-state index is -0.213. The van der Waals surface area contributed by atoms with Gasteiger partial charge in [0.1, 0.15) is 12.1 Å². The molecule has 216 valence electrons. The minimum absolute atomic E-state index is 0.188. The van der Waals surface area contributed by atoms with E-state index in [4.69, 9.17) is 5.73 Å². The number of anilines is 2. The number of likely N-dealkylation sites (tertiary alicyclic amines) is 1. The van der Waals surface area contributed by atoms with Crippen LogP contribution < -0.4 is 11.1 Å². The lowest BCUT2D eigenvalue weighted by atomic mass is 10.00. The quantitative estimate of drug-likeness (QED) is 0.307. The molecule has 5 rings (SSSR count). The molecule has 0 unspecified atom stereocenters. The van der Waals surface area contributed by atoms with Crippen LogP contribution in [0.15, 0.2) is 59.3 Å². The monoisotopic (exact) mass is 574 g/mol. The molecular weight excluding hydrogens is 536 g/mol. The number of amides is 2. The smallest absolute Gasteiger partial charge is 0.257 e. The molecule has 41 heavy (non-hydrogen) atoms. The van der Waals surface area contributed by atoms with Crippen molar-refractivity contribution >= 4 is 39.8 Å². The highest BCUT2D eigenvalue weighted by molar-refractivity contribution is 7.13. The van der Waals surface area contributed by atoms with Crippen molar-refractivity contribution in [1.82, 2.24) is 24.8 Å². The van der Waals surface area contributed by atoms with E-state index in [0.717, 1.165) is 43.4 Å². The van der Waals surface area contributed by atoms with E-state index in [0.29, 0.717) is 33.7 Å². The predicted molar refractivity (Wildman–Crippen MR) is 164 cm³/mol. The number of thiazole rings is 1. The number of rotatable bonds is 8. The normalized spacial score (nSPS) is 17.0. The number of carbonyl (C=O) groups excluding carboxylic acids is 2. The molecule has 3 heterocycles. The van der Waals surface area contributed by atoms with Crippen LogP contribution in [0, 0.1) is 12.8 Å². The summed E-state index contributed by atoms with van der Waals surface area (Å²) in [6, 6.07) is 7.89. The Hall–Kier alpha value is -3.96. The third-order valence-electron chi connectivity index (χ3n) is 7.16. The maximum atomic E-state index is 12.2. The Labute approximate surface area is 245 Å². The Morgan fingerprint density at radius 1 is 1.17 bits per heavy atom. The van der Waals surface area contributed by atoms with Gasteiger partial charge in [-0.05, 0) is 51.3 Å². The summed E-state index contributed by atoms with van der Waals surface area (Å²) in [5.74, 6) is 1.02. The van der Waals surface area contributed by atoms with Gasteiger partial charge in [-0.15, -0.1) is 11.3 Å². The van der Waals surface area contributed by atoms with E-state index in [-0.39, 0.29) is 11.8 Å². The molecule has 0 bridgehead atoms. The number of nitrogen functional groups attached to an aromatic ring is 1. The molecule has 1 atom stereocenters. The Balaban J connectivity index is 0.000000208. The van der Waals surface area contributed by atoms with Crippen molar-refractivity contribution in [3.05, 3.63) is 76.7 Å². The van der Waals surface area contributed by atoms with Gasteiger partial charge in [-0.2, -0.15) is 0 Å². The van der Waals surface area contributed by atoms with Gasteiger partial charge in [0, 0.05) is 61.5 Å². The van der Waals surface area contributed by atoms with Crippen molar-refractivity contribution in [3.8, 4) is 0 Å². The fourth-order valence-corrected chi connectivity index (χ4v) is 5.15. The van der Waals surface area contributed by atoms with Crippen molar-refractivity contribution in [2.24, 2.45) is 10.9 Å². The SMILES string of the molecule is CN=C(c1ccc(C(=O)Nc2nccs2)cc1)c1c(C)ncnc1N.C[C@@H]1CCN(C(=O)/C=C/CN(C)C2CC2)C1. The molecule has 2 amide bonds. The summed E-state index contributed by atoms with van der Waals surface area (Å²) >= 11 is 1.37. The summed E-state index contributed by atoms with van der Waals surface area (Å²) in [7, 11) is 3.81. The summed E-state index contributed by atoms with van der Waals surface area (Å²) in [4.78, 5) is 44.9. The lowest BCUT2D eigenvalue weighted by Crippen LogP contribution is -2.27. The molecule has 1 saturated heterocycles. The molecule has 1 aromatic carbocycles. The van der Waals surface area contributed by atoms with Crippen LogP contribution in [0.2, 0.25) is 0 Å². The molecule has 1 saturated carbocycles. The molecule has 2 aliphatic rings. The van der Waals surface area contributed by atoms with Gasteiger partial charge in [0.15, 0.2) is 5.13 Å². The number of aromatic nitrogens is 3. The fourth-order valence-electron chi connectivity index (χ4n) is 4.63. The van der Waals surface area contributed by atoms with Gasteiger partial charge in [0.25, 0.3) is 5.91 Å². The van der Waals surface area contributed by atoms with Crippen molar-refractivity contribution in [1.29, 1.82) is 0 Å². The zero-order valence-electron chi connectivity index (χ0n) is 24.1. The second-order valence-electron chi connectivity index (χ2n) is 10.4. The first-order valence-electron chi connectivity index (χ1n) is 13.8. The average molecular weight is 575 g/mol. The molecule has 3 N–H and O–H groups in total. The predicted octanol–water partition coefficient (Wildman–Crippen LogP) is 4.05. The molecular formula is C30H38N8O2S. The zero-order valence-corrected chi connectivity index (χ0v) is 24.9. The van der Waals surface area contributed by atoms with Crippen LogP contribution in [0.4, 0.5) is 10.9 Å². The highest BCUT2D eigenvalue weighted by atomic mass is 32.1. The maximum absolute atomic E-state index is 12.2. The van der Waals surface area contributed by atoms with Gasteiger partial charge >= 0.3 is 0 Å². The Morgan fingerprint density at radius 2 is 1.90 bits per heavy atom. The van der Waals surface area contributed by atoms with Crippen molar-refractivity contribution < 1.29 is 9.59 Å². The number of nitrogens with two attached hydrogens (primary N) is 1. The maximum Gasteiger partial charge on any atom is 0.257 e. The van der Waals surface area contributed by atoms with Gasteiger partial charge in [-0.3, -0.25) is 24.8 Å². The Morgan fingerprint density at radius 3 is 2.49 bits per heavy atom. The number of hydrogen-bond acceptors (Lipinski definition) is 9. The molecule has 2 fully saturated rings. The van der Waals surface area contributed by atoms with Gasteiger partial charge in [-0.25, -0.2) is 15.0 Å². The highest BCUT2D eigenvalue weighted by Gasteiger charge is 2.25. The van der Waals surface area contributed by atoms with E-state index in [1.807, 2.05) is 30.0 Å². The van der Waals surface area contributed by atoms with Crippen LogP contribution in [-0.4, -0.2) is 82.0 Å². The summed E-state index contributed by atoms with van der Waals surface area (Å²) in [5.41, 5.74) is 9.48. The zero-order chi connectivity index (χ0) is 29.4. The standard InChI is InChI=1S/C17H16N6OS.C13H22N2O/c1-10-13(15(18)22-9-21-10)14(19-2)11-3-5-12(6-4-11)16(24)23-17-20-7-8-25-17;1-11-7-9-15(10-11)13(16)4-3-8-14(2)12-5-6-12/h3-9H,1-2H3,(H2,18,21,22)(H,20,23,24);3-4,11-12H,5-10H2,1-2H3/b;4-3+/t;11-/m.1/s1. The van der Waals surface area contributed by atoms with E-state index in [1.54, 1.807) is 36.8 Å². The van der Waals surface area contributed by atoms with E-state index in [2.05, 4.69) is 44.1 Å². The van der Waals surface area contributed by atoms with Gasteiger partial charge in [0.05, 0.1) is 17.0 Å². The molecule has 11 heteroatoms. The largest absolute Gasteiger partial charge is 0.383 e. The number of hydrogen-bond donors (Lipinski definition) is 2. The fraction of sp³-hybridized carbons (Fsp3) is 0.400. The molecule has 0 radical (unpaired) electrons. The first kappa shape index (κ1) is 30.0. The number of aryl methyl sites for hydroxylation is 1. The third-order valence-corrected chi connectivity index (χ3v) is 7.85. The Bertz CT molecular complexity index is 1360. The van der Waals surface area contributed by atoms with E-state index >= 15 is 0 Å². The lowest BCUT2D eigenvalue weighted by Gasteiger charge is -2.14. The van der Waals surface area contributed by atoms with Crippen LogP contribution in [0.25, 0.3) is 0 Å². The number of nitrogens with zero attached hydrogens (tertiary/aromatic N) is 6. The molecule has 1 aliphatic heterocycles. The van der Waals surface area contributed by atoms with Gasteiger partial charge in [-0.1, -0.05) is 25.1 Å². The first-order valence-corrected chi connectivity index (χ1v) is 14.7. The molecule has 3 aromatic rings. The second-order valence-corrected chi connectivity index (χ2v) is 11.3. The van der Waals surface area contributed by atoms with E-state index in [1.165, 1.54) is 30.5 Å². The summed E-state index contributed by atoms with van der Waals surface area (Å²) < 4.78 is 0. The van der Waals surface area contributed by atoms with E-state index in [9.17, 15) is 9.59 Å². The van der Waals surface area contributed by atoms with Crippen molar-refractivity contribution in [2.45, 2.75) is 39.2 Å². The number of benzene rings is 1. The highest BCUT2D eigenvalue weighted by Crippen LogP contribution is 2.25. The molecule has 10 nitrogen and oxygen atoms in total. The lowest BCUT2D eigenvalue weighted by molar-refractivity contribution is -0.125. The topological polar surface area (TPSA) is 130 Å². The first-order chi connectivity index (χ1) is 19.8. The van der Waals surface area contributed by atoms with Crippen LogP contribution in [0.1, 0.15) is 53.4 Å². The van der Waals surface area contributed by atoms with Gasteiger partial charge < -0.3 is 10.6 Å². The average Bonchev–Trinajstić information content (AvgIpc) is 3.53. The number of aliphatic imine (C=N–C) groups is 1. The third kappa shape index (κ3) is 8.27. The van der Waals surface area contributed by atoms with Gasteiger partial charge in [0.2, 0.25) is 5.91 Å². The van der Waals surface area contributed by atoms with Crippen molar-refractivity contribution in [2.75, 3.05) is 44.8 Å². The van der Waals surface area contributed by atoms with Crippen LogP contribution in [0.3, 0.4) is 0 Å². The number of likely N-dealkylation sites (N-methyl/N-ethyl adjacent to an activating group) is 1. The molecule has 1 aliphatic carbocycles. The molecule has 0 spiro atoms. The summed E-state index contributed by atoms with van der Waals surface area (Å²) in [6.07, 6.45) is 10.6. The van der Waals surface area contributed by atoms with Crippen LogP contribution >= 0.6 is 11.3 Å². The van der Waals surface area contributed by atoms with Crippen molar-refractivity contribution in [3.63, 3.8) is 0 Å². The summed E-state index contributed by atoms with van der Waals surface area (Å²) in [5, 5.41) is 5.12. The van der Waals surface area contributed by atoms with E-state index < -0.39 is 0 Å². The number of carbonyl (C=O) groups is 2. The molecule has 2 aromatic heterocycles.